The number of benzene rings is 8. The first-order chi connectivity index (χ1) is 27.2. The minimum Gasteiger partial charge on any atom is -0.456 e. The minimum atomic E-state index is 0.902. The first-order valence-corrected chi connectivity index (χ1v) is 18.7. The maximum atomic E-state index is 6.13. The monoisotopic (exact) mass is 700 g/mol. The third-order valence-corrected chi connectivity index (χ3v) is 11.6. The van der Waals surface area contributed by atoms with Gasteiger partial charge in [-0.15, -0.1) is 0 Å². The van der Waals surface area contributed by atoms with Crippen molar-refractivity contribution in [3.8, 4) is 27.9 Å². The maximum Gasteiger partial charge on any atom is 0.165 e. The highest BCUT2D eigenvalue weighted by Gasteiger charge is 2.21. The quantitative estimate of drug-likeness (QED) is 0.184. The molecule has 0 fully saturated rings. The predicted octanol–water partition coefficient (Wildman–Crippen LogP) is 13.1. The fraction of sp³-hybridized carbons (Fsp3) is 0. The van der Waals surface area contributed by atoms with Crippen LogP contribution in [0.25, 0.3) is 121 Å². The van der Waals surface area contributed by atoms with Crippen LogP contribution in [0.2, 0.25) is 0 Å². The molecule has 0 unspecified atom stereocenters. The van der Waals surface area contributed by atoms with Crippen LogP contribution in [0.4, 0.5) is 0 Å². The Bertz CT molecular complexity index is 3730. The third-order valence-electron chi connectivity index (χ3n) is 11.6. The number of furan rings is 1. The van der Waals surface area contributed by atoms with Gasteiger partial charge in [-0.05, 0) is 95.1 Å². The van der Waals surface area contributed by atoms with Crippen molar-refractivity contribution in [1.82, 2.24) is 18.9 Å². The van der Waals surface area contributed by atoms with E-state index in [2.05, 4.69) is 142 Å². The summed E-state index contributed by atoms with van der Waals surface area (Å²) in [6.07, 6.45) is 0. The smallest absolute Gasteiger partial charge is 0.165 e. The molecule has 0 bridgehead atoms. The van der Waals surface area contributed by atoms with E-state index in [1.54, 1.807) is 0 Å². The van der Waals surface area contributed by atoms with Crippen molar-refractivity contribution in [3.63, 3.8) is 0 Å². The van der Waals surface area contributed by atoms with Crippen molar-refractivity contribution in [2.24, 2.45) is 0 Å². The second kappa shape index (κ2) is 10.6. The number of hydrogen-bond acceptors (Lipinski definition) is 3. The van der Waals surface area contributed by atoms with Gasteiger partial charge in [-0.1, -0.05) is 97.1 Å². The molecule has 0 saturated carbocycles. The largest absolute Gasteiger partial charge is 0.456 e. The molecule has 0 spiro atoms. The molecule has 8 aromatic carbocycles. The van der Waals surface area contributed by atoms with Gasteiger partial charge in [0.25, 0.3) is 0 Å². The summed E-state index contributed by atoms with van der Waals surface area (Å²) in [6, 6.07) is 60.8. The van der Waals surface area contributed by atoms with E-state index in [9.17, 15) is 0 Å². The van der Waals surface area contributed by atoms with Gasteiger partial charge >= 0.3 is 0 Å². The average molecular weight is 701 g/mol. The van der Waals surface area contributed by atoms with E-state index in [1.165, 1.54) is 60.3 Å². The molecule has 13 rings (SSSR count). The molecule has 5 heteroatoms. The van der Waals surface area contributed by atoms with Gasteiger partial charge in [0.15, 0.2) is 5.65 Å². The Morgan fingerprint density at radius 1 is 0.382 bits per heavy atom. The molecule has 0 aliphatic rings. The Kier molecular flexibility index (Phi) is 5.57. The van der Waals surface area contributed by atoms with Crippen molar-refractivity contribution in [2.45, 2.75) is 0 Å². The number of hydrogen-bond donors (Lipinski definition) is 0. The molecular formula is C50H28N4O. The zero-order chi connectivity index (χ0) is 35.8. The summed E-state index contributed by atoms with van der Waals surface area (Å²) >= 11 is 0. The summed E-state index contributed by atoms with van der Waals surface area (Å²) in [6.45, 7) is 0. The van der Waals surface area contributed by atoms with Crippen molar-refractivity contribution < 1.29 is 4.42 Å². The van der Waals surface area contributed by atoms with Gasteiger partial charge in [-0.3, -0.25) is 4.40 Å². The Balaban J connectivity index is 0.960. The van der Waals surface area contributed by atoms with Gasteiger partial charge in [0.2, 0.25) is 0 Å². The summed E-state index contributed by atoms with van der Waals surface area (Å²) in [4.78, 5) is 10.2. The SMILES string of the molecule is c1cc(-c2ccc3c(c2)c2cccc4c5nc6ccccc6nc5n3c24)cc(-n2c3ccccc3c3cc(-c4ccc5oc6ccccc6c5c4)ccc32)c1. The first-order valence-electron chi connectivity index (χ1n) is 18.7. The minimum absolute atomic E-state index is 0.902. The topological polar surface area (TPSA) is 48.3 Å². The number of rotatable bonds is 3. The third kappa shape index (κ3) is 3.96. The summed E-state index contributed by atoms with van der Waals surface area (Å²) in [5.74, 6) is 0. The molecular weight excluding hydrogens is 673 g/mol. The number of nitrogens with zero attached hydrogens (tertiary/aromatic N) is 4. The van der Waals surface area contributed by atoms with Crippen LogP contribution in [0.3, 0.4) is 0 Å². The van der Waals surface area contributed by atoms with E-state index in [1.807, 2.05) is 36.4 Å². The van der Waals surface area contributed by atoms with Crippen LogP contribution >= 0.6 is 0 Å². The lowest BCUT2D eigenvalue weighted by Crippen LogP contribution is -1.94. The van der Waals surface area contributed by atoms with Gasteiger partial charge in [0.1, 0.15) is 16.7 Å². The summed E-state index contributed by atoms with van der Waals surface area (Å²) in [7, 11) is 0. The molecule has 0 saturated heterocycles. The molecule has 5 heterocycles. The molecule has 0 amide bonds. The summed E-state index contributed by atoms with van der Waals surface area (Å²) in [5.41, 5.74) is 16.0. The molecule has 5 nitrogen and oxygen atoms in total. The normalized spacial score (nSPS) is 12.4. The van der Waals surface area contributed by atoms with Crippen LogP contribution in [0.15, 0.2) is 174 Å². The Morgan fingerprint density at radius 3 is 1.85 bits per heavy atom. The van der Waals surface area contributed by atoms with E-state index in [0.717, 1.165) is 60.7 Å². The fourth-order valence-corrected chi connectivity index (χ4v) is 9.15. The van der Waals surface area contributed by atoms with E-state index >= 15 is 0 Å². The highest BCUT2D eigenvalue weighted by Crippen LogP contribution is 2.41. The Labute approximate surface area is 313 Å². The molecule has 0 N–H and O–H groups in total. The zero-order valence-corrected chi connectivity index (χ0v) is 29.4. The maximum absolute atomic E-state index is 6.13. The van der Waals surface area contributed by atoms with Crippen molar-refractivity contribution in [2.75, 3.05) is 0 Å². The number of fused-ring (bicyclic) bond motifs is 13. The van der Waals surface area contributed by atoms with Crippen LogP contribution < -0.4 is 0 Å². The molecule has 0 aliphatic heterocycles. The van der Waals surface area contributed by atoms with E-state index < -0.39 is 0 Å². The lowest BCUT2D eigenvalue weighted by molar-refractivity contribution is 0.669. The van der Waals surface area contributed by atoms with Gasteiger partial charge in [0.05, 0.1) is 33.1 Å². The van der Waals surface area contributed by atoms with E-state index in [-0.39, 0.29) is 0 Å². The molecule has 254 valence electrons. The van der Waals surface area contributed by atoms with Crippen molar-refractivity contribution >= 4 is 93.1 Å². The van der Waals surface area contributed by atoms with Gasteiger partial charge in [0, 0.05) is 43.4 Å². The van der Waals surface area contributed by atoms with Crippen LogP contribution in [0.5, 0.6) is 0 Å². The highest BCUT2D eigenvalue weighted by molar-refractivity contribution is 6.23. The number of para-hydroxylation sites is 5. The molecule has 0 atom stereocenters. The van der Waals surface area contributed by atoms with E-state index in [4.69, 9.17) is 14.4 Å². The first kappa shape index (κ1) is 29.0. The lowest BCUT2D eigenvalue weighted by Gasteiger charge is -2.11. The van der Waals surface area contributed by atoms with Crippen LogP contribution in [-0.4, -0.2) is 18.9 Å². The predicted molar refractivity (Wildman–Crippen MR) is 227 cm³/mol. The molecule has 13 aromatic rings. The lowest BCUT2D eigenvalue weighted by atomic mass is 10.0. The van der Waals surface area contributed by atoms with Crippen molar-refractivity contribution in [3.05, 3.63) is 170 Å². The molecule has 0 radical (unpaired) electrons. The fourth-order valence-electron chi connectivity index (χ4n) is 9.15. The van der Waals surface area contributed by atoms with Gasteiger partial charge in [-0.2, -0.15) is 0 Å². The van der Waals surface area contributed by atoms with E-state index in [0.29, 0.717) is 0 Å². The Hall–Kier alpha value is -7.50. The Morgan fingerprint density at radius 2 is 0.982 bits per heavy atom. The number of aromatic nitrogens is 4. The molecule has 5 aromatic heterocycles. The average Bonchev–Trinajstić information content (AvgIpc) is 3.98. The van der Waals surface area contributed by atoms with Crippen LogP contribution in [-0.2, 0) is 0 Å². The van der Waals surface area contributed by atoms with Gasteiger partial charge in [-0.25, -0.2) is 9.97 Å². The molecule has 55 heavy (non-hydrogen) atoms. The second-order valence-electron chi connectivity index (χ2n) is 14.6. The van der Waals surface area contributed by atoms with Gasteiger partial charge < -0.3 is 8.98 Å². The molecule has 0 aliphatic carbocycles. The zero-order valence-electron chi connectivity index (χ0n) is 29.4. The van der Waals surface area contributed by atoms with Crippen LogP contribution in [0.1, 0.15) is 0 Å². The van der Waals surface area contributed by atoms with Crippen molar-refractivity contribution in [1.29, 1.82) is 0 Å². The van der Waals surface area contributed by atoms with Crippen LogP contribution in [0, 0.1) is 0 Å². The summed E-state index contributed by atoms with van der Waals surface area (Å²) in [5, 5.41) is 8.30. The highest BCUT2D eigenvalue weighted by atomic mass is 16.3. The summed E-state index contributed by atoms with van der Waals surface area (Å²) < 4.78 is 10.8. The second-order valence-corrected chi connectivity index (χ2v) is 14.6. The standard InChI is InChI=1S/C50H28N4O/c1-5-17-43-34(11-1)38-26-31(32-21-24-47-40(28-32)35-12-2-6-18-46(35)55-47)19-22-44(38)53(43)33-10-7-9-29(25-33)30-20-23-45-39(27-30)36-13-8-14-37-48-50(54(45)49(36)37)52-42-16-4-3-15-41(42)51-48/h1-28H.